The molecule has 3 heterocycles. The van der Waals surface area contributed by atoms with E-state index in [1.807, 2.05) is 18.5 Å². The molecule has 1 atom stereocenters. The van der Waals surface area contributed by atoms with Crippen LogP contribution in [-0.2, 0) is 35.4 Å². The molecule has 2 aromatic heterocycles. The number of aromatic nitrogens is 4. The second-order valence-corrected chi connectivity index (χ2v) is 7.60. The van der Waals surface area contributed by atoms with Crippen molar-refractivity contribution in [2.75, 3.05) is 19.8 Å². The van der Waals surface area contributed by atoms with Crippen LogP contribution in [0.1, 0.15) is 24.2 Å². The van der Waals surface area contributed by atoms with E-state index < -0.39 is 10.0 Å². The lowest BCUT2D eigenvalue weighted by molar-refractivity contribution is 0.119. The molecule has 0 bridgehead atoms. The molecule has 1 aliphatic rings. The number of imidazole rings is 2. The maximum Gasteiger partial charge on any atom is 0.262 e. The van der Waals surface area contributed by atoms with Crippen molar-refractivity contribution in [3.05, 3.63) is 30.2 Å². The largest absolute Gasteiger partial charge is 0.381 e. The molecule has 1 unspecified atom stereocenters. The molecular weight excluding hydrogens is 318 g/mol. The monoisotopic (exact) mass is 339 g/mol. The Kier molecular flexibility index (Phi) is 4.26. The van der Waals surface area contributed by atoms with Crippen LogP contribution in [0.15, 0.2) is 23.9 Å². The highest BCUT2D eigenvalue weighted by molar-refractivity contribution is 7.89. The van der Waals surface area contributed by atoms with Crippen LogP contribution in [0.25, 0.3) is 0 Å². The molecule has 0 aromatic carbocycles. The van der Waals surface area contributed by atoms with Crippen LogP contribution in [-0.4, -0.2) is 51.6 Å². The number of ether oxygens (including phenoxy) is 1. The van der Waals surface area contributed by atoms with Crippen molar-refractivity contribution in [3.63, 3.8) is 0 Å². The first kappa shape index (κ1) is 16.2. The second-order valence-electron chi connectivity index (χ2n) is 5.72. The quantitative estimate of drug-likeness (QED) is 0.791. The molecule has 0 fully saturated rings. The molecular formula is C14H21N5O3S. The highest BCUT2D eigenvalue weighted by Gasteiger charge is 2.36. The Balaban J connectivity index is 1.93. The molecule has 3 rings (SSSR count). The van der Waals surface area contributed by atoms with E-state index in [4.69, 9.17) is 4.74 Å². The van der Waals surface area contributed by atoms with Gasteiger partial charge in [0.15, 0.2) is 5.03 Å². The van der Waals surface area contributed by atoms with Gasteiger partial charge in [0.25, 0.3) is 10.0 Å². The molecule has 0 amide bonds. The summed E-state index contributed by atoms with van der Waals surface area (Å²) in [4.78, 5) is 8.34. The summed E-state index contributed by atoms with van der Waals surface area (Å²) in [6.45, 7) is 3.62. The Morgan fingerprint density at radius 1 is 1.30 bits per heavy atom. The lowest BCUT2D eigenvalue weighted by Gasteiger charge is -2.31. The average Bonchev–Trinajstić information content (AvgIpc) is 3.12. The summed E-state index contributed by atoms with van der Waals surface area (Å²) in [5.74, 6) is -0.0373. The maximum absolute atomic E-state index is 12.8. The summed E-state index contributed by atoms with van der Waals surface area (Å²) in [5.41, 5.74) is 1.83. The van der Waals surface area contributed by atoms with Crippen molar-refractivity contribution in [3.8, 4) is 0 Å². The van der Waals surface area contributed by atoms with Crippen molar-refractivity contribution in [1.82, 2.24) is 23.4 Å². The first-order chi connectivity index (χ1) is 10.9. The maximum atomic E-state index is 12.8. The van der Waals surface area contributed by atoms with E-state index >= 15 is 0 Å². The van der Waals surface area contributed by atoms with Crippen molar-refractivity contribution in [1.29, 1.82) is 0 Å². The first-order valence-electron chi connectivity index (χ1n) is 7.49. The van der Waals surface area contributed by atoms with Crippen molar-refractivity contribution < 1.29 is 13.2 Å². The lowest BCUT2D eigenvalue weighted by Crippen LogP contribution is -2.40. The van der Waals surface area contributed by atoms with Gasteiger partial charge in [0.05, 0.1) is 31.5 Å². The van der Waals surface area contributed by atoms with Gasteiger partial charge in [-0.3, -0.25) is 0 Å². The molecule has 9 heteroatoms. The summed E-state index contributed by atoms with van der Waals surface area (Å²) in [7, 11) is 0.0353. The topological polar surface area (TPSA) is 82.2 Å². The molecule has 1 aliphatic heterocycles. The van der Waals surface area contributed by atoms with E-state index in [2.05, 4.69) is 9.97 Å². The normalized spacial score (nSPS) is 19.0. The molecule has 23 heavy (non-hydrogen) atoms. The summed E-state index contributed by atoms with van der Waals surface area (Å²) >= 11 is 0. The van der Waals surface area contributed by atoms with E-state index in [0.717, 1.165) is 11.4 Å². The Hall–Kier alpha value is -1.71. The van der Waals surface area contributed by atoms with Gasteiger partial charge in [-0.05, 0) is 6.92 Å². The molecule has 0 N–H and O–H groups in total. The molecule has 0 aliphatic carbocycles. The minimum Gasteiger partial charge on any atom is -0.381 e. The minimum atomic E-state index is -3.64. The van der Waals surface area contributed by atoms with Gasteiger partial charge in [0.2, 0.25) is 0 Å². The van der Waals surface area contributed by atoms with Gasteiger partial charge in [-0.1, -0.05) is 0 Å². The third kappa shape index (κ3) is 2.91. The van der Waals surface area contributed by atoms with E-state index in [-0.39, 0.29) is 17.5 Å². The zero-order valence-electron chi connectivity index (χ0n) is 13.5. The first-order valence-corrected chi connectivity index (χ1v) is 8.93. The Labute approximate surface area is 135 Å². The minimum absolute atomic E-state index is 0.0373. The SMILES string of the molecule is CCOCC1CN(S(=O)(=O)c2cn(C)cn2)Cc2ncn(C)c21. The Morgan fingerprint density at radius 3 is 2.74 bits per heavy atom. The molecule has 8 nitrogen and oxygen atoms in total. The molecule has 0 saturated carbocycles. The predicted molar refractivity (Wildman–Crippen MR) is 83.2 cm³/mol. The third-order valence-electron chi connectivity index (χ3n) is 4.01. The van der Waals surface area contributed by atoms with Crippen LogP contribution < -0.4 is 0 Å². The third-order valence-corrected chi connectivity index (χ3v) is 5.71. The number of nitrogens with zero attached hydrogens (tertiary/aromatic N) is 5. The van der Waals surface area contributed by atoms with Crippen molar-refractivity contribution in [2.45, 2.75) is 24.4 Å². The van der Waals surface area contributed by atoms with Gasteiger partial charge in [-0.25, -0.2) is 18.4 Å². The number of aryl methyl sites for hydroxylation is 2. The molecule has 0 saturated heterocycles. The van der Waals surface area contributed by atoms with Crippen LogP contribution in [0.3, 0.4) is 0 Å². The van der Waals surface area contributed by atoms with Gasteiger partial charge in [0.1, 0.15) is 0 Å². The highest BCUT2D eigenvalue weighted by Crippen LogP contribution is 2.30. The summed E-state index contributed by atoms with van der Waals surface area (Å²) in [5, 5.41) is 0.0644. The number of hydrogen-bond acceptors (Lipinski definition) is 5. The lowest BCUT2D eigenvalue weighted by atomic mass is 10.0. The van der Waals surface area contributed by atoms with Gasteiger partial charge >= 0.3 is 0 Å². The van der Waals surface area contributed by atoms with E-state index in [9.17, 15) is 8.42 Å². The number of fused-ring (bicyclic) bond motifs is 1. The zero-order chi connectivity index (χ0) is 16.6. The fraction of sp³-hybridized carbons (Fsp3) is 0.571. The van der Waals surface area contributed by atoms with E-state index in [1.54, 1.807) is 17.9 Å². The van der Waals surface area contributed by atoms with Gasteiger partial charge in [0, 0.05) is 45.1 Å². The van der Waals surface area contributed by atoms with Crippen LogP contribution in [0.4, 0.5) is 0 Å². The van der Waals surface area contributed by atoms with Crippen molar-refractivity contribution >= 4 is 10.0 Å². The zero-order valence-corrected chi connectivity index (χ0v) is 14.3. The Morgan fingerprint density at radius 2 is 2.09 bits per heavy atom. The highest BCUT2D eigenvalue weighted by atomic mass is 32.2. The molecule has 0 radical (unpaired) electrons. The van der Waals surface area contributed by atoms with Crippen LogP contribution in [0.5, 0.6) is 0 Å². The number of sulfonamides is 1. The smallest absolute Gasteiger partial charge is 0.262 e. The molecule has 2 aromatic rings. The van der Waals surface area contributed by atoms with Gasteiger partial charge in [-0.2, -0.15) is 4.31 Å². The van der Waals surface area contributed by atoms with Crippen molar-refractivity contribution in [2.24, 2.45) is 14.1 Å². The summed E-state index contributed by atoms with van der Waals surface area (Å²) < 4.78 is 36.2. The summed E-state index contributed by atoms with van der Waals surface area (Å²) in [6.07, 6.45) is 4.72. The van der Waals surface area contributed by atoms with Gasteiger partial charge in [-0.15, -0.1) is 0 Å². The van der Waals surface area contributed by atoms with Gasteiger partial charge < -0.3 is 13.9 Å². The average molecular weight is 339 g/mol. The van der Waals surface area contributed by atoms with E-state index in [0.29, 0.717) is 19.8 Å². The second kappa shape index (κ2) is 6.06. The fourth-order valence-corrected chi connectivity index (χ4v) is 4.34. The van der Waals surface area contributed by atoms with Crippen LogP contribution >= 0.6 is 0 Å². The van der Waals surface area contributed by atoms with Crippen LogP contribution in [0, 0.1) is 0 Å². The Bertz CT molecular complexity index is 795. The summed E-state index contributed by atoms with van der Waals surface area (Å²) in [6, 6.07) is 0. The number of hydrogen-bond donors (Lipinski definition) is 0. The predicted octanol–water partition coefficient (Wildman–Crippen LogP) is 0.478. The molecule has 0 spiro atoms. The van der Waals surface area contributed by atoms with Crippen LogP contribution in [0.2, 0.25) is 0 Å². The fourth-order valence-electron chi connectivity index (χ4n) is 2.93. The number of rotatable bonds is 5. The molecule has 126 valence electrons. The van der Waals surface area contributed by atoms with E-state index in [1.165, 1.54) is 16.8 Å². The standard InChI is InChI=1S/C14H21N5O3S/c1-4-22-8-11-5-19(6-12-14(11)18(3)10-15-12)23(20,21)13-7-17(2)9-16-13/h7,9-11H,4-6,8H2,1-3H3.